The number of nitrogens with one attached hydrogen (secondary N) is 3. The first kappa shape index (κ1) is 20.3. The summed E-state index contributed by atoms with van der Waals surface area (Å²) in [6.07, 6.45) is 2.11. The van der Waals surface area contributed by atoms with Crippen LogP contribution in [0.1, 0.15) is 44.6 Å². The van der Waals surface area contributed by atoms with Crippen LogP contribution in [0.5, 0.6) is 0 Å². The Morgan fingerprint density at radius 1 is 1.07 bits per heavy atom. The van der Waals surface area contributed by atoms with E-state index in [2.05, 4.69) is 54.1 Å². The predicted molar refractivity (Wildman–Crippen MR) is 118 cm³/mol. The van der Waals surface area contributed by atoms with Gasteiger partial charge in [0.25, 0.3) is 0 Å². The molecule has 2 aliphatic heterocycles. The van der Waals surface area contributed by atoms with E-state index in [1.165, 1.54) is 0 Å². The Morgan fingerprint density at radius 3 is 2.45 bits per heavy atom. The van der Waals surface area contributed by atoms with Crippen molar-refractivity contribution in [2.45, 2.75) is 55.9 Å². The Labute approximate surface area is 176 Å². The smallest absolute Gasteiger partial charge is 0.229 e. The number of nitrogens with zero attached hydrogens (tertiary/aromatic N) is 1. The number of thioether (sulfide) groups is 1. The van der Waals surface area contributed by atoms with Gasteiger partial charge in [0.05, 0.1) is 12.1 Å². The SMILES string of the molecule is CC(C)SC1NC(=O)C2C(NC3=C(C(=O)CCC3)C2c2ccc(N(C)C)cc2)N1. The van der Waals surface area contributed by atoms with Crippen molar-refractivity contribution in [1.82, 2.24) is 16.0 Å². The predicted octanol–water partition coefficient (Wildman–Crippen LogP) is 2.53. The van der Waals surface area contributed by atoms with Gasteiger partial charge in [0.15, 0.2) is 5.78 Å². The fourth-order valence-corrected chi connectivity index (χ4v) is 5.56. The van der Waals surface area contributed by atoms with Gasteiger partial charge in [-0.1, -0.05) is 26.0 Å². The average molecular weight is 415 g/mol. The van der Waals surface area contributed by atoms with Crippen LogP contribution < -0.4 is 20.9 Å². The molecule has 1 aromatic rings. The summed E-state index contributed by atoms with van der Waals surface area (Å²) in [7, 11) is 4.01. The van der Waals surface area contributed by atoms with Gasteiger partial charge in [-0.2, -0.15) is 0 Å². The molecule has 3 N–H and O–H groups in total. The van der Waals surface area contributed by atoms with Crippen LogP contribution in [0.2, 0.25) is 0 Å². The number of ketones is 1. The van der Waals surface area contributed by atoms with Gasteiger partial charge in [-0.15, -0.1) is 11.8 Å². The van der Waals surface area contributed by atoms with Crippen molar-refractivity contribution >= 4 is 29.1 Å². The summed E-state index contributed by atoms with van der Waals surface area (Å²) in [5.41, 5.74) is 3.82. The molecule has 6 nitrogen and oxygen atoms in total. The number of amides is 1. The highest BCUT2D eigenvalue weighted by molar-refractivity contribution is 8.00. The van der Waals surface area contributed by atoms with E-state index >= 15 is 0 Å². The van der Waals surface area contributed by atoms with Crippen molar-refractivity contribution in [3.05, 3.63) is 41.1 Å². The third kappa shape index (κ3) is 3.90. The number of hydrogen-bond donors (Lipinski definition) is 3. The summed E-state index contributed by atoms with van der Waals surface area (Å²) >= 11 is 1.70. The highest BCUT2D eigenvalue weighted by Crippen LogP contribution is 2.44. The van der Waals surface area contributed by atoms with Gasteiger partial charge in [0.2, 0.25) is 5.91 Å². The Morgan fingerprint density at radius 2 is 1.79 bits per heavy atom. The van der Waals surface area contributed by atoms with Gasteiger partial charge in [-0.05, 0) is 30.5 Å². The molecule has 3 aliphatic rings. The standard InChI is InChI=1S/C22H30N4O2S/c1-12(2)29-22-24-20-19(21(28)25-22)17(13-8-10-14(11-9-13)26(3)4)18-15(23-20)6-5-7-16(18)27/h8-12,17,19-20,22-24H,5-7H2,1-4H3,(H,25,28). The fraction of sp³-hybridized carbons (Fsp3) is 0.545. The lowest BCUT2D eigenvalue weighted by molar-refractivity contribution is -0.130. The second-order valence-electron chi connectivity index (χ2n) is 8.52. The van der Waals surface area contributed by atoms with Gasteiger partial charge in [0.1, 0.15) is 5.50 Å². The summed E-state index contributed by atoms with van der Waals surface area (Å²) in [5.74, 6) is -0.404. The van der Waals surface area contributed by atoms with E-state index in [4.69, 9.17) is 0 Å². The van der Waals surface area contributed by atoms with Gasteiger partial charge >= 0.3 is 0 Å². The van der Waals surface area contributed by atoms with Gasteiger partial charge in [0, 0.05) is 48.6 Å². The Kier molecular flexibility index (Phi) is 5.62. The quantitative estimate of drug-likeness (QED) is 0.703. The molecule has 0 saturated carbocycles. The second kappa shape index (κ2) is 8.03. The summed E-state index contributed by atoms with van der Waals surface area (Å²) in [6, 6.07) is 8.26. The molecule has 0 spiro atoms. The van der Waals surface area contributed by atoms with Crippen molar-refractivity contribution in [1.29, 1.82) is 0 Å². The minimum absolute atomic E-state index is 0.00556. The Bertz CT molecular complexity index is 834. The molecular formula is C22H30N4O2S. The van der Waals surface area contributed by atoms with E-state index in [9.17, 15) is 9.59 Å². The van der Waals surface area contributed by atoms with Crippen LogP contribution >= 0.6 is 11.8 Å². The Hall–Kier alpha value is -1.99. The van der Waals surface area contributed by atoms with E-state index in [-0.39, 0.29) is 35.2 Å². The maximum absolute atomic E-state index is 13.2. The topological polar surface area (TPSA) is 73.5 Å². The highest BCUT2D eigenvalue weighted by Gasteiger charge is 2.49. The molecule has 2 heterocycles. The lowest BCUT2D eigenvalue weighted by Gasteiger charge is -2.47. The molecule has 1 amide bonds. The van der Waals surface area contributed by atoms with Crippen LogP contribution in [0.15, 0.2) is 35.5 Å². The van der Waals surface area contributed by atoms with E-state index in [0.717, 1.165) is 35.4 Å². The summed E-state index contributed by atoms with van der Waals surface area (Å²) in [6.45, 7) is 4.24. The van der Waals surface area contributed by atoms with Crippen molar-refractivity contribution in [3.63, 3.8) is 0 Å². The monoisotopic (exact) mass is 414 g/mol. The molecular weight excluding hydrogens is 384 g/mol. The minimum atomic E-state index is -0.356. The van der Waals surface area contributed by atoms with Crippen LogP contribution in [-0.2, 0) is 9.59 Å². The first-order valence-electron chi connectivity index (χ1n) is 10.4. The molecule has 29 heavy (non-hydrogen) atoms. The van der Waals surface area contributed by atoms with Crippen LogP contribution in [0.25, 0.3) is 0 Å². The van der Waals surface area contributed by atoms with Crippen LogP contribution in [0.3, 0.4) is 0 Å². The third-order valence-electron chi connectivity index (χ3n) is 5.90. The lowest BCUT2D eigenvalue weighted by Crippen LogP contribution is -2.68. The van der Waals surface area contributed by atoms with Crippen LogP contribution in [0, 0.1) is 5.92 Å². The molecule has 0 aromatic heterocycles. The molecule has 4 unspecified atom stereocenters. The number of anilines is 1. The number of hydrogen-bond acceptors (Lipinski definition) is 6. The molecule has 7 heteroatoms. The zero-order valence-corrected chi connectivity index (χ0v) is 18.3. The zero-order chi connectivity index (χ0) is 20.7. The maximum Gasteiger partial charge on any atom is 0.229 e. The number of allylic oxidation sites excluding steroid dienone is 2. The molecule has 1 aliphatic carbocycles. The highest BCUT2D eigenvalue weighted by atomic mass is 32.2. The van der Waals surface area contributed by atoms with Crippen molar-refractivity contribution in [2.24, 2.45) is 5.92 Å². The number of carbonyl (C=O) groups is 2. The van der Waals surface area contributed by atoms with Crippen molar-refractivity contribution < 1.29 is 9.59 Å². The number of Topliss-reactive ketones (excluding diaryl/α,β-unsaturated/α-hetero) is 1. The minimum Gasteiger partial charge on any atom is -0.378 e. The van der Waals surface area contributed by atoms with Crippen molar-refractivity contribution in [3.8, 4) is 0 Å². The van der Waals surface area contributed by atoms with Crippen LogP contribution in [0.4, 0.5) is 5.69 Å². The van der Waals surface area contributed by atoms with E-state index in [0.29, 0.717) is 11.7 Å². The normalized spacial score (nSPS) is 29.1. The third-order valence-corrected chi connectivity index (χ3v) is 6.97. The lowest BCUT2D eigenvalue weighted by atomic mass is 9.70. The van der Waals surface area contributed by atoms with E-state index in [1.54, 1.807) is 11.8 Å². The number of benzene rings is 1. The van der Waals surface area contributed by atoms with Gasteiger partial charge < -0.3 is 15.5 Å². The largest absolute Gasteiger partial charge is 0.378 e. The van der Waals surface area contributed by atoms with Crippen molar-refractivity contribution in [2.75, 3.05) is 19.0 Å². The van der Waals surface area contributed by atoms with E-state index < -0.39 is 0 Å². The average Bonchev–Trinajstić information content (AvgIpc) is 2.66. The second-order valence-corrected chi connectivity index (χ2v) is 10.2. The van der Waals surface area contributed by atoms with E-state index in [1.807, 2.05) is 19.0 Å². The molecule has 1 fully saturated rings. The molecule has 1 aromatic carbocycles. The maximum atomic E-state index is 13.2. The first-order chi connectivity index (χ1) is 13.8. The summed E-state index contributed by atoms with van der Waals surface area (Å²) in [4.78, 5) is 28.2. The first-order valence-corrected chi connectivity index (χ1v) is 11.3. The van der Waals surface area contributed by atoms with Gasteiger partial charge in [-0.3, -0.25) is 14.9 Å². The van der Waals surface area contributed by atoms with Crippen LogP contribution in [-0.4, -0.2) is 42.7 Å². The molecule has 4 rings (SSSR count). The molecule has 1 saturated heterocycles. The molecule has 0 bridgehead atoms. The number of rotatable bonds is 4. The fourth-order valence-electron chi connectivity index (χ4n) is 4.60. The number of fused-ring (bicyclic) bond motifs is 1. The Balaban J connectivity index is 1.74. The van der Waals surface area contributed by atoms with Gasteiger partial charge in [-0.25, -0.2) is 0 Å². The summed E-state index contributed by atoms with van der Waals surface area (Å²) < 4.78 is 0. The zero-order valence-electron chi connectivity index (χ0n) is 17.5. The summed E-state index contributed by atoms with van der Waals surface area (Å²) in [5, 5.41) is 10.6. The molecule has 0 radical (unpaired) electrons. The number of carbonyl (C=O) groups excluding carboxylic acids is 2. The molecule has 156 valence electrons. The molecule has 4 atom stereocenters.